The molecule has 0 fully saturated rings. The third-order valence-corrected chi connectivity index (χ3v) is 3.28. The lowest BCUT2D eigenvalue weighted by Gasteiger charge is -2.29. The van der Waals surface area contributed by atoms with E-state index in [4.69, 9.17) is 0 Å². The molecule has 0 radical (unpaired) electrons. The number of carbonyl (C=O) groups is 1. The largest absolute Gasteiger partial charge is 0.361 e. The van der Waals surface area contributed by atoms with E-state index in [1.807, 2.05) is 19.1 Å². The molecule has 96 valence electrons. The van der Waals surface area contributed by atoms with Crippen LogP contribution in [0.3, 0.4) is 0 Å². The van der Waals surface area contributed by atoms with Crippen molar-refractivity contribution in [3.05, 3.63) is 65.0 Å². The van der Waals surface area contributed by atoms with Crippen molar-refractivity contribution in [3.8, 4) is 0 Å². The Labute approximate surface area is 110 Å². The lowest BCUT2D eigenvalue weighted by molar-refractivity contribution is 0.0935. The highest BCUT2D eigenvalue weighted by Gasteiger charge is 2.25. The number of nitrogens with one attached hydrogen (secondary N) is 2. The zero-order valence-corrected chi connectivity index (χ0v) is 10.4. The summed E-state index contributed by atoms with van der Waals surface area (Å²) in [6.07, 6.45) is -0.332. The molecule has 2 aromatic carbocycles. The van der Waals surface area contributed by atoms with Crippen LogP contribution in [0, 0.1) is 12.7 Å². The number of carbonyl (C=O) groups excluding carboxylic acids is 1. The van der Waals surface area contributed by atoms with E-state index in [-0.39, 0.29) is 17.9 Å². The fourth-order valence-corrected chi connectivity index (χ4v) is 2.26. The fraction of sp³-hybridized carbons (Fsp3) is 0.133. The summed E-state index contributed by atoms with van der Waals surface area (Å²) in [7, 11) is 0. The van der Waals surface area contributed by atoms with Gasteiger partial charge in [-0.05, 0) is 36.2 Å². The van der Waals surface area contributed by atoms with Crippen molar-refractivity contribution in [1.82, 2.24) is 5.32 Å². The molecule has 0 aliphatic carbocycles. The van der Waals surface area contributed by atoms with Gasteiger partial charge in [0.05, 0.1) is 11.3 Å². The third kappa shape index (κ3) is 2.05. The summed E-state index contributed by atoms with van der Waals surface area (Å²) in [5.41, 5.74) is 3.31. The average molecular weight is 256 g/mol. The van der Waals surface area contributed by atoms with Gasteiger partial charge in [-0.1, -0.05) is 24.3 Å². The molecule has 1 heterocycles. The minimum atomic E-state index is -0.332. The number of aryl methyl sites for hydroxylation is 1. The predicted molar refractivity (Wildman–Crippen MR) is 71.4 cm³/mol. The zero-order valence-electron chi connectivity index (χ0n) is 10.4. The van der Waals surface area contributed by atoms with Gasteiger partial charge in [0.1, 0.15) is 12.0 Å². The van der Waals surface area contributed by atoms with Crippen LogP contribution in [0.5, 0.6) is 0 Å². The number of hydrogen-bond donors (Lipinski definition) is 2. The van der Waals surface area contributed by atoms with Gasteiger partial charge in [-0.3, -0.25) is 4.79 Å². The van der Waals surface area contributed by atoms with Crippen LogP contribution in [-0.4, -0.2) is 5.91 Å². The maximum absolute atomic E-state index is 12.9. The van der Waals surface area contributed by atoms with Gasteiger partial charge >= 0.3 is 0 Å². The van der Waals surface area contributed by atoms with Gasteiger partial charge in [-0.2, -0.15) is 0 Å². The Kier molecular flexibility index (Phi) is 2.71. The van der Waals surface area contributed by atoms with E-state index >= 15 is 0 Å². The van der Waals surface area contributed by atoms with Crippen LogP contribution < -0.4 is 10.6 Å². The monoisotopic (exact) mass is 256 g/mol. The van der Waals surface area contributed by atoms with E-state index in [0.29, 0.717) is 5.56 Å². The Morgan fingerprint density at radius 3 is 2.53 bits per heavy atom. The molecule has 3 nitrogen and oxygen atoms in total. The second kappa shape index (κ2) is 4.39. The van der Waals surface area contributed by atoms with Gasteiger partial charge in [-0.25, -0.2) is 4.39 Å². The molecule has 0 spiro atoms. The molecule has 0 saturated carbocycles. The lowest BCUT2D eigenvalue weighted by atomic mass is 10.0. The molecule has 3 rings (SSSR count). The van der Waals surface area contributed by atoms with Crippen LogP contribution in [0.25, 0.3) is 0 Å². The van der Waals surface area contributed by atoms with Crippen molar-refractivity contribution in [1.29, 1.82) is 0 Å². The molecular formula is C15H13FN2O. The summed E-state index contributed by atoms with van der Waals surface area (Å²) in [5, 5.41) is 6.14. The number of halogens is 1. The molecule has 1 amide bonds. The predicted octanol–water partition coefficient (Wildman–Crippen LogP) is 2.99. The maximum atomic E-state index is 12.9. The highest BCUT2D eigenvalue weighted by molar-refractivity contribution is 6.02. The molecule has 0 bridgehead atoms. The summed E-state index contributed by atoms with van der Waals surface area (Å²) >= 11 is 0. The standard InChI is InChI=1S/C15H13FN2O/c1-9-3-2-4-12-13(9)17-14(18-15(12)19)10-5-7-11(16)8-6-10/h2-8,14,17H,1H3,(H,18,19). The molecular weight excluding hydrogens is 243 g/mol. The number of fused-ring (bicyclic) bond motifs is 1. The minimum Gasteiger partial charge on any atom is -0.361 e. The Morgan fingerprint density at radius 2 is 1.79 bits per heavy atom. The number of amides is 1. The Bertz CT molecular complexity index is 637. The summed E-state index contributed by atoms with van der Waals surface area (Å²) < 4.78 is 12.9. The van der Waals surface area contributed by atoms with Crippen LogP contribution in [0.2, 0.25) is 0 Å². The first kappa shape index (κ1) is 11.7. The van der Waals surface area contributed by atoms with Gasteiger partial charge in [-0.15, -0.1) is 0 Å². The number of para-hydroxylation sites is 1. The van der Waals surface area contributed by atoms with E-state index in [0.717, 1.165) is 16.8 Å². The molecule has 2 aromatic rings. The molecule has 1 unspecified atom stereocenters. The van der Waals surface area contributed by atoms with Gasteiger partial charge in [0, 0.05) is 0 Å². The minimum absolute atomic E-state index is 0.119. The third-order valence-electron chi connectivity index (χ3n) is 3.28. The summed E-state index contributed by atoms with van der Waals surface area (Å²) in [4.78, 5) is 12.1. The van der Waals surface area contributed by atoms with Crippen LogP contribution in [0.15, 0.2) is 42.5 Å². The van der Waals surface area contributed by atoms with Crippen LogP contribution in [0.1, 0.15) is 27.7 Å². The molecule has 1 aliphatic rings. The number of hydrogen-bond acceptors (Lipinski definition) is 2. The van der Waals surface area contributed by atoms with Crippen molar-refractivity contribution >= 4 is 11.6 Å². The van der Waals surface area contributed by atoms with Gasteiger partial charge < -0.3 is 10.6 Å². The van der Waals surface area contributed by atoms with Crippen molar-refractivity contribution in [2.45, 2.75) is 13.1 Å². The maximum Gasteiger partial charge on any atom is 0.255 e. The lowest BCUT2D eigenvalue weighted by Crippen LogP contribution is -2.38. The first-order valence-electron chi connectivity index (χ1n) is 6.07. The van der Waals surface area contributed by atoms with Crippen molar-refractivity contribution < 1.29 is 9.18 Å². The van der Waals surface area contributed by atoms with E-state index in [1.54, 1.807) is 18.2 Å². The fourth-order valence-electron chi connectivity index (χ4n) is 2.26. The molecule has 4 heteroatoms. The number of rotatable bonds is 1. The van der Waals surface area contributed by atoms with Crippen molar-refractivity contribution in [2.75, 3.05) is 5.32 Å². The molecule has 19 heavy (non-hydrogen) atoms. The quantitative estimate of drug-likeness (QED) is 0.823. The van der Waals surface area contributed by atoms with E-state index < -0.39 is 0 Å². The van der Waals surface area contributed by atoms with E-state index in [9.17, 15) is 9.18 Å². The van der Waals surface area contributed by atoms with Crippen LogP contribution >= 0.6 is 0 Å². The number of benzene rings is 2. The summed E-state index contributed by atoms with van der Waals surface area (Å²) in [5.74, 6) is -0.408. The molecule has 0 aromatic heterocycles. The normalized spacial score (nSPS) is 17.4. The molecule has 1 aliphatic heterocycles. The average Bonchev–Trinajstić information content (AvgIpc) is 2.41. The van der Waals surface area contributed by atoms with E-state index in [1.165, 1.54) is 12.1 Å². The summed E-state index contributed by atoms with van der Waals surface area (Å²) in [6.45, 7) is 1.95. The smallest absolute Gasteiger partial charge is 0.255 e. The van der Waals surface area contributed by atoms with Gasteiger partial charge in [0.25, 0.3) is 5.91 Å². The topological polar surface area (TPSA) is 41.1 Å². The molecule has 0 saturated heterocycles. The Morgan fingerprint density at radius 1 is 1.05 bits per heavy atom. The van der Waals surface area contributed by atoms with Crippen LogP contribution in [-0.2, 0) is 0 Å². The Balaban J connectivity index is 1.99. The van der Waals surface area contributed by atoms with Gasteiger partial charge in [0.2, 0.25) is 0 Å². The molecule has 1 atom stereocenters. The summed E-state index contributed by atoms with van der Waals surface area (Å²) in [6, 6.07) is 11.7. The van der Waals surface area contributed by atoms with Crippen molar-refractivity contribution in [3.63, 3.8) is 0 Å². The van der Waals surface area contributed by atoms with Crippen LogP contribution in [0.4, 0.5) is 10.1 Å². The van der Waals surface area contributed by atoms with Crippen molar-refractivity contribution in [2.24, 2.45) is 0 Å². The highest BCUT2D eigenvalue weighted by atomic mass is 19.1. The second-order valence-corrected chi connectivity index (χ2v) is 4.60. The molecule has 2 N–H and O–H groups in total. The van der Waals surface area contributed by atoms with Gasteiger partial charge in [0.15, 0.2) is 0 Å². The highest BCUT2D eigenvalue weighted by Crippen LogP contribution is 2.29. The number of anilines is 1. The van der Waals surface area contributed by atoms with E-state index in [2.05, 4.69) is 10.6 Å². The first-order valence-corrected chi connectivity index (χ1v) is 6.07. The first-order chi connectivity index (χ1) is 9.15. The Hall–Kier alpha value is -2.36. The SMILES string of the molecule is Cc1cccc2c1NC(c1ccc(F)cc1)NC2=O. The second-order valence-electron chi connectivity index (χ2n) is 4.60. The zero-order chi connectivity index (χ0) is 13.4.